The van der Waals surface area contributed by atoms with Gasteiger partial charge in [-0.3, -0.25) is 4.79 Å². The first-order valence-electron chi connectivity index (χ1n) is 4.52. The van der Waals surface area contributed by atoms with Gasteiger partial charge in [0.15, 0.2) is 0 Å². The number of carbonyl (C=O) groups excluding carboxylic acids is 1. The first-order valence-corrected chi connectivity index (χ1v) is 4.52. The zero-order chi connectivity index (χ0) is 10.1. The van der Waals surface area contributed by atoms with E-state index in [1.165, 1.54) is 6.92 Å². The van der Waals surface area contributed by atoms with E-state index >= 15 is 0 Å². The van der Waals surface area contributed by atoms with E-state index in [0.717, 1.165) is 22.3 Å². The van der Waals surface area contributed by atoms with Gasteiger partial charge in [0.2, 0.25) is 5.91 Å². The number of rotatable bonds is 1. The van der Waals surface area contributed by atoms with E-state index in [1.54, 1.807) is 0 Å². The Morgan fingerprint density at radius 3 is 2.86 bits per heavy atom. The first kappa shape index (κ1) is 8.81. The Bertz CT molecular complexity index is 485. The number of aryl methyl sites for hydroxylation is 1. The molecule has 0 atom stereocenters. The number of H-pyrrole nitrogens is 1. The quantitative estimate of drug-likeness (QED) is 0.709. The summed E-state index contributed by atoms with van der Waals surface area (Å²) in [5.74, 6) is -0.0448. The fourth-order valence-corrected chi connectivity index (χ4v) is 1.56. The molecule has 0 aliphatic carbocycles. The van der Waals surface area contributed by atoms with Gasteiger partial charge < -0.3 is 10.3 Å². The lowest BCUT2D eigenvalue weighted by Gasteiger charge is -2.00. The molecular weight excluding hydrogens is 176 g/mol. The van der Waals surface area contributed by atoms with Crippen LogP contribution in [0.4, 0.5) is 5.69 Å². The Kier molecular flexibility index (Phi) is 2.00. The van der Waals surface area contributed by atoms with E-state index < -0.39 is 0 Å². The van der Waals surface area contributed by atoms with Crippen LogP contribution in [0.15, 0.2) is 24.3 Å². The van der Waals surface area contributed by atoms with Crippen LogP contribution >= 0.6 is 0 Å². The fraction of sp³-hybridized carbons (Fsp3) is 0.182. The third-order valence-electron chi connectivity index (χ3n) is 2.08. The second-order valence-electron chi connectivity index (χ2n) is 3.44. The van der Waals surface area contributed by atoms with Crippen LogP contribution in [0.2, 0.25) is 0 Å². The van der Waals surface area contributed by atoms with Gasteiger partial charge in [-0.25, -0.2) is 0 Å². The average Bonchev–Trinajstić information content (AvgIpc) is 2.42. The van der Waals surface area contributed by atoms with Crippen LogP contribution in [0, 0.1) is 6.92 Å². The van der Waals surface area contributed by atoms with Gasteiger partial charge >= 0.3 is 0 Å². The van der Waals surface area contributed by atoms with E-state index in [0.29, 0.717) is 0 Å². The van der Waals surface area contributed by atoms with E-state index in [-0.39, 0.29) is 5.91 Å². The highest BCUT2D eigenvalue weighted by Crippen LogP contribution is 2.19. The van der Waals surface area contributed by atoms with Crippen molar-refractivity contribution in [1.29, 1.82) is 0 Å². The second kappa shape index (κ2) is 3.18. The molecule has 3 heteroatoms. The predicted octanol–water partition coefficient (Wildman–Crippen LogP) is 2.43. The van der Waals surface area contributed by atoms with Crippen LogP contribution in [0.25, 0.3) is 10.9 Å². The minimum absolute atomic E-state index is 0.0448. The van der Waals surface area contributed by atoms with Gasteiger partial charge in [-0.05, 0) is 31.2 Å². The number of fused-ring (bicyclic) bond motifs is 1. The van der Waals surface area contributed by atoms with E-state index in [9.17, 15) is 4.79 Å². The molecule has 3 nitrogen and oxygen atoms in total. The summed E-state index contributed by atoms with van der Waals surface area (Å²) in [6.45, 7) is 3.52. The van der Waals surface area contributed by atoms with Crippen molar-refractivity contribution in [2.45, 2.75) is 13.8 Å². The average molecular weight is 188 g/mol. The summed E-state index contributed by atoms with van der Waals surface area (Å²) in [6, 6.07) is 7.87. The second-order valence-corrected chi connectivity index (χ2v) is 3.44. The van der Waals surface area contributed by atoms with Gasteiger partial charge in [0.05, 0.1) is 0 Å². The van der Waals surface area contributed by atoms with Crippen molar-refractivity contribution in [1.82, 2.24) is 4.98 Å². The van der Waals surface area contributed by atoms with Gasteiger partial charge in [0, 0.05) is 29.2 Å². The van der Waals surface area contributed by atoms with Crippen LogP contribution in [0.5, 0.6) is 0 Å². The first-order chi connectivity index (χ1) is 6.65. The maximum Gasteiger partial charge on any atom is 0.221 e. The predicted molar refractivity (Wildman–Crippen MR) is 57.3 cm³/mol. The third kappa shape index (κ3) is 1.62. The van der Waals surface area contributed by atoms with Crippen LogP contribution in [-0.2, 0) is 4.79 Å². The molecule has 0 unspecified atom stereocenters. The minimum Gasteiger partial charge on any atom is -0.359 e. The molecule has 0 aliphatic heterocycles. The summed E-state index contributed by atoms with van der Waals surface area (Å²) in [7, 11) is 0. The van der Waals surface area contributed by atoms with Crippen molar-refractivity contribution in [2.75, 3.05) is 5.32 Å². The zero-order valence-corrected chi connectivity index (χ0v) is 8.22. The number of carbonyl (C=O) groups is 1. The molecule has 2 rings (SSSR count). The molecular formula is C11H12N2O. The Morgan fingerprint density at radius 2 is 2.14 bits per heavy atom. The molecule has 72 valence electrons. The number of hydrogen-bond donors (Lipinski definition) is 2. The monoisotopic (exact) mass is 188 g/mol. The standard InChI is InChI=1S/C11H12N2O/c1-7-5-9-6-10(13-8(2)14)3-4-11(9)12-7/h3-6,12H,1-2H3,(H,13,14). The summed E-state index contributed by atoms with van der Waals surface area (Å²) >= 11 is 0. The summed E-state index contributed by atoms with van der Waals surface area (Å²) in [6.07, 6.45) is 0. The number of benzene rings is 1. The summed E-state index contributed by atoms with van der Waals surface area (Å²) in [5.41, 5.74) is 3.06. The molecule has 0 fully saturated rings. The highest BCUT2D eigenvalue weighted by molar-refractivity contribution is 5.92. The van der Waals surface area contributed by atoms with Gasteiger partial charge in [-0.1, -0.05) is 0 Å². The lowest BCUT2D eigenvalue weighted by Crippen LogP contribution is -2.05. The molecule has 0 aliphatic rings. The zero-order valence-electron chi connectivity index (χ0n) is 8.22. The third-order valence-corrected chi connectivity index (χ3v) is 2.08. The van der Waals surface area contributed by atoms with Crippen molar-refractivity contribution in [2.24, 2.45) is 0 Å². The molecule has 14 heavy (non-hydrogen) atoms. The molecule has 0 spiro atoms. The van der Waals surface area contributed by atoms with Crippen LogP contribution in [0.3, 0.4) is 0 Å². The maximum absolute atomic E-state index is 10.8. The topological polar surface area (TPSA) is 44.9 Å². The molecule has 1 aromatic carbocycles. The SMILES string of the molecule is CC(=O)Nc1ccc2[nH]c(C)cc2c1. The van der Waals surface area contributed by atoms with Crippen LogP contribution in [-0.4, -0.2) is 10.9 Å². The molecule has 1 amide bonds. The molecule has 1 heterocycles. The Morgan fingerprint density at radius 1 is 1.36 bits per heavy atom. The lowest BCUT2D eigenvalue weighted by atomic mass is 10.2. The van der Waals surface area contributed by atoms with Gasteiger partial charge in [0.1, 0.15) is 0 Å². The van der Waals surface area contributed by atoms with Crippen molar-refractivity contribution in [3.63, 3.8) is 0 Å². The summed E-state index contributed by atoms with van der Waals surface area (Å²) < 4.78 is 0. The number of nitrogens with one attached hydrogen (secondary N) is 2. The van der Waals surface area contributed by atoms with Gasteiger partial charge in [-0.2, -0.15) is 0 Å². The van der Waals surface area contributed by atoms with Crippen molar-refractivity contribution < 1.29 is 4.79 Å². The highest BCUT2D eigenvalue weighted by atomic mass is 16.1. The highest BCUT2D eigenvalue weighted by Gasteiger charge is 1.99. The van der Waals surface area contributed by atoms with Crippen molar-refractivity contribution >= 4 is 22.5 Å². The number of amides is 1. The fourth-order valence-electron chi connectivity index (χ4n) is 1.56. The van der Waals surface area contributed by atoms with Gasteiger partial charge in [0.25, 0.3) is 0 Å². The summed E-state index contributed by atoms with van der Waals surface area (Å²) in [4.78, 5) is 14.1. The Hall–Kier alpha value is -1.77. The smallest absolute Gasteiger partial charge is 0.221 e. The largest absolute Gasteiger partial charge is 0.359 e. The van der Waals surface area contributed by atoms with Crippen molar-refractivity contribution in [3.8, 4) is 0 Å². The number of aromatic nitrogens is 1. The molecule has 2 N–H and O–H groups in total. The van der Waals surface area contributed by atoms with E-state index in [1.807, 2.05) is 25.1 Å². The molecule has 2 aromatic rings. The minimum atomic E-state index is -0.0448. The van der Waals surface area contributed by atoms with Gasteiger partial charge in [-0.15, -0.1) is 0 Å². The number of anilines is 1. The van der Waals surface area contributed by atoms with E-state index in [2.05, 4.69) is 16.4 Å². The molecule has 0 radical (unpaired) electrons. The van der Waals surface area contributed by atoms with Crippen LogP contribution < -0.4 is 5.32 Å². The maximum atomic E-state index is 10.8. The Labute approximate surface area is 82.1 Å². The number of aromatic amines is 1. The normalized spacial score (nSPS) is 10.4. The summed E-state index contributed by atoms with van der Waals surface area (Å²) in [5, 5.41) is 3.87. The molecule has 0 saturated carbocycles. The number of hydrogen-bond acceptors (Lipinski definition) is 1. The molecule has 0 bridgehead atoms. The van der Waals surface area contributed by atoms with E-state index in [4.69, 9.17) is 0 Å². The molecule has 0 saturated heterocycles. The molecule has 1 aromatic heterocycles. The van der Waals surface area contributed by atoms with Crippen molar-refractivity contribution in [3.05, 3.63) is 30.0 Å². The lowest BCUT2D eigenvalue weighted by molar-refractivity contribution is -0.114. The van der Waals surface area contributed by atoms with Crippen LogP contribution in [0.1, 0.15) is 12.6 Å². The Balaban J connectivity index is 2.45.